The quantitative estimate of drug-likeness (QED) is 0.441. The Kier molecular flexibility index (Phi) is 3.24. The zero-order valence-electron chi connectivity index (χ0n) is 15.2. The SMILES string of the molecule is O=C1[C@@H]2C3c4ccccc4C(Cl)(c4ccccc43)[C@H]2C(=O)N1c1ccc(F)cc1. The molecule has 2 amide bonds. The standard InChI is InChI=1S/C24H15ClFNO2/c25-24-17-7-3-1-5-15(17)19(16-6-2-4-8-18(16)24)20-21(24)23(29)27(22(20)28)14-11-9-13(26)10-12-14/h1-12,19-21H/t19?,20-,21-,24?/m1/s1. The minimum Gasteiger partial charge on any atom is -0.274 e. The molecular formula is C24H15ClFNO2. The summed E-state index contributed by atoms with van der Waals surface area (Å²) in [7, 11) is 0. The van der Waals surface area contributed by atoms with Crippen molar-refractivity contribution in [2.24, 2.45) is 11.8 Å². The molecule has 1 saturated heterocycles. The van der Waals surface area contributed by atoms with Crippen LogP contribution in [0.5, 0.6) is 0 Å². The van der Waals surface area contributed by atoms with Crippen LogP contribution in [-0.2, 0) is 14.5 Å². The summed E-state index contributed by atoms with van der Waals surface area (Å²) in [4.78, 5) is 27.2. The van der Waals surface area contributed by atoms with E-state index in [1.807, 2.05) is 48.5 Å². The van der Waals surface area contributed by atoms with Gasteiger partial charge in [-0.25, -0.2) is 9.29 Å². The average Bonchev–Trinajstić information content (AvgIpc) is 3.01. The lowest BCUT2D eigenvalue weighted by molar-refractivity contribution is -0.122. The molecule has 3 nitrogen and oxygen atoms in total. The second-order valence-corrected chi connectivity index (χ2v) is 8.45. The first-order valence-corrected chi connectivity index (χ1v) is 9.92. The Morgan fingerprint density at radius 3 is 1.93 bits per heavy atom. The fourth-order valence-electron chi connectivity index (χ4n) is 5.52. The molecular weight excluding hydrogens is 389 g/mol. The molecule has 0 aromatic heterocycles. The predicted molar refractivity (Wildman–Crippen MR) is 107 cm³/mol. The Bertz CT molecular complexity index is 1160. The van der Waals surface area contributed by atoms with Gasteiger partial charge in [0.1, 0.15) is 10.7 Å². The Labute approximate surface area is 171 Å². The first-order valence-electron chi connectivity index (χ1n) is 9.54. The number of carbonyl (C=O) groups excluding carboxylic acids is 2. The van der Waals surface area contributed by atoms with Crippen molar-refractivity contribution in [3.05, 3.63) is 101 Å². The molecule has 7 rings (SSSR count). The lowest BCUT2D eigenvalue weighted by Crippen LogP contribution is -2.50. The van der Waals surface area contributed by atoms with Crippen molar-refractivity contribution in [3.63, 3.8) is 0 Å². The topological polar surface area (TPSA) is 37.4 Å². The number of hydrogen-bond donors (Lipinski definition) is 0. The van der Waals surface area contributed by atoms with E-state index in [1.54, 1.807) is 0 Å². The lowest BCUT2D eigenvalue weighted by atomic mass is 9.54. The van der Waals surface area contributed by atoms with E-state index in [-0.39, 0.29) is 17.7 Å². The van der Waals surface area contributed by atoms with Crippen molar-refractivity contribution in [1.29, 1.82) is 0 Å². The van der Waals surface area contributed by atoms with Crippen molar-refractivity contribution >= 4 is 29.1 Å². The van der Waals surface area contributed by atoms with Gasteiger partial charge in [0.05, 0.1) is 17.5 Å². The summed E-state index contributed by atoms with van der Waals surface area (Å²) in [6.07, 6.45) is 0. The largest absolute Gasteiger partial charge is 0.274 e. The zero-order chi connectivity index (χ0) is 19.9. The van der Waals surface area contributed by atoms with Gasteiger partial charge in [0, 0.05) is 5.92 Å². The minimum absolute atomic E-state index is 0.227. The van der Waals surface area contributed by atoms with Gasteiger partial charge < -0.3 is 0 Å². The van der Waals surface area contributed by atoms with Crippen molar-refractivity contribution in [2.75, 3.05) is 4.90 Å². The molecule has 142 valence electrons. The summed E-state index contributed by atoms with van der Waals surface area (Å²) in [6.45, 7) is 0. The molecule has 0 spiro atoms. The maximum Gasteiger partial charge on any atom is 0.240 e. The molecule has 0 unspecified atom stereocenters. The van der Waals surface area contributed by atoms with Crippen LogP contribution in [0, 0.1) is 17.7 Å². The highest BCUT2D eigenvalue weighted by Gasteiger charge is 2.67. The second-order valence-electron chi connectivity index (χ2n) is 7.86. The van der Waals surface area contributed by atoms with E-state index in [0.717, 1.165) is 22.3 Å². The van der Waals surface area contributed by atoms with Gasteiger partial charge in [-0.05, 0) is 46.5 Å². The second kappa shape index (κ2) is 5.55. The van der Waals surface area contributed by atoms with Crippen molar-refractivity contribution in [2.45, 2.75) is 10.8 Å². The summed E-state index contributed by atoms with van der Waals surface area (Å²) >= 11 is 7.34. The van der Waals surface area contributed by atoms with Crippen LogP contribution in [0.3, 0.4) is 0 Å². The van der Waals surface area contributed by atoms with Crippen molar-refractivity contribution in [1.82, 2.24) is 0 Å². The van der Waals surface area contributed by atoms with Crippen LogP contribution in [0.25, 0.3) is 0 Å². The third-order valence-corrected chi connectivity index (χ3v) is 7.24. The first-order chi connectivity index (χ1) is 14.0. The summed E-state index contributed by atoms with van der Waals surface area (Å²) < 4.78 is 13.4. The summed E-state index contributed by atoms with van der Waals surface area (Å²) in [5.74, 6) is -2.51. The van der Waals surface area contributed by atoms with E-state index in [4.69, 9.17) is 11.6 Å². The Morgan fingerprint density at radius 1 is 0.793 bits per heavy atom. The number of hydrogen-bond acceptors (Lipinski definition) is 2. The van der Waals surface area contributed by atoms with Crippen LogP contribution in [0.4, 0.5) is 10.1 Å². The first kappa shape index (κ1) is 16.9. The molecule has 2 atom stereocenters. The zero-order valence-corrected chi connectivity index (χ0v) is 15.9. The molecule has 0 N–H and O–H groups in total. The molecule has 29 heavy (non-hydrogen) atoms. The molecule has 0 radical (unpaired) electrons. The monoisotopic (exact) mass is 403 g/mol. The molecule has 2 bridgehead atoms. The highest BCUT2D eigenvalue weighted by atomic mass is 35.5. The Balaban J connectivity index is 1.61. The number of imide groups is 1. The molecule has 1 fully saturated rings. The third-order valence-electron chi connectivity index (χ3n) is 6.60. The smallest absolute Gasteiger partial charge is 0.240 e. The lowest BCUT2D eigenvalue weighted by Gasteiger charge is -2.50. The predicted octanol–water partition coefficient (Wildman–Crippen LogP) is 4.57. The van der Waals surface area contributed by atoms with E-state index in [1.165, 1.54) is 29.2 Å². The Morgan fingerprint density at radius 2 is 1.34 bits per heavy atom. The molecule has 4 aliphatic rings. The van der Waals surface area contributed by atoms with Crippen LogP contribution >= 0.6 is 11.6 Å². The number of nitrogens with zero attached hydrogens (tertiary/aromatic N) is 1. The molecule has 0 saturated carbocycles. The van der Waals surface area contributed by atoms with Gasteiger partial charge in [0.15, 0.2) is 0 Å². The van der Waals surface area contributed by atoms with Gasteiger partial charge >= 0.3 is 0 Å². The van der Waals surface area contributed by atoms with Gasteiger partial charge in [-0.3, -0.25) is 9.59 Å². The molecule has 1 aliphatic heterocycles. The fraction of sp³-hybridized carbons (Fsp3) is 0.167. The number of benzene rings is 3. The maximum absolute atomic E-state index is 13.6. The molecule has 3 aromatic rings. The van der Waals surface area contributed by atoms with E-state index in [0.29, 0.717) is 5.69 Å². The minimum atomic E-state index is -1.10. The number of anilines is 1. The van der Waals surface area contributed by atoms with E-state index >= 15 is 0 Å². The van der Waals surface area contributed by atoms with Crippen LogP contribution in [-0.4, -0.2) is 11.8 Å². The fourth-order valence-corrected chi connectivity index (χ4v) is 6.10. The van der Waals surface area contributed by atoms with Gasteiger partial charge in [0.25, 0.3) is 0 Å². The van der Waals surface area contributed by atoms with Gasteiger partial charge in [-0.1, -0.05) is 48.5 Å². The number of amides is 2. The van der Waals surface area contributed by atoms with Crippen LogP contribution in [0.2, 0.25) is 0 Å². The van der Waals surface area contributed by atoms with E-state index in [2.05, 4.69) is 0 Å². The summed E-state index contributed by atoms with van der Waals surface area (Å²) in [6, 6.07) is 21.1. The van der Waals surface area contributed by atoms with E-state index < -0.39 is 22.5 Å². The number of carbonyl (C=O) groups is 2. The van der Waals surface area contributed by atoms with Gasteiger partial charge in [-0.2, -0.15) is 0 Å². The molecule has 1 heterocycles. The van der Waals surface area contributed by atoms with Crippen LogP contribution in [0.1, 0.15) is 28.2 Å². The Hall–Kier alpha value is -2.98. The third kappa shape index (κ3) is 1.92. The van der Waals surface area contributed by atoms with Crippen molar-refractivity contribution in [3.8, 4) is 0 Å². The van der Waals surface area contributed by atoms with E-state index in [9.17, 15) is 14.0 Å². The van der Waals surface area contributed by atoms with Crippen molar-refractivity contribution < 1.29 is 14.0 Å². The molecule has 5 heteroatoms. The number of alkyl halides is 1. The average molecular weight is 404 g/mol. The number of halogens is 2. The van der Waals surface area contributed by atoms with Gasteiger partial charge in [-0.15, -0.1) is 11.6 Å². The highest BCUT2D eigenvalue weighted by molar-refractivity contribution is 6.33. The highest BCUT2D eigenvalue weighted by Crippen LogP contribution is 2.65. The molecule has 3 aromatic carbocycles. The number of rotatable bonds is 1. The summed E-state index contributed by atoms with van der Waals surface area (Å²) in [5, 5.41) is 0. The molecule has 3 aliphatic carbocycles. The van der Waals surface area contributed by atoms with Gasteiger partial charge in [0.2, 0.25) is 11.8 Å². The summed E-state index contributed by atoms with van der Waals surface area (Å²) in [5.41, 5.74) is 4.18. The normalized spacial score (nSPS) is 28.9. The van der Waals surface area contributed by atoms with Crippen LogP contribution in [0.15, 0.2) is 72.8 Å². The van der Waals surface area contributed by atoms with Crippen LogP contribution < -0.4 is 4.90 Å². The maximum atomic E-state index is 13.6.